The molecule has 32 heavy (non-hydrogen) atoms. The summed E-state index contributed by atoms with van der Waals surface area (Å²) in [5, 5.41) is 2.85. The Morgan fingerprint density at radius 2 is 1.97 bits per heavy atom. The normalized spacial score (nSPS) is 16.6. The molecule has 9 nitrogen and oxygen atoms in total. The van der Waals surface area contributed by atoms with E-state index in [4.69, 9.17) is 13.9 Å². The molecule has 0 aliphatic carbocycles. The molecule has 2 aliphatic rings. The molecule has 2 aromatic carbocycles. The highest BCUT2D eigenvalue weighted by atomic mass is 16.7. The van der Waals surface area contributed by atoms with Gasteiger partial charge < -0.3 is 19.2 Å². The van der Waals surface area contributed by atoms with E-state index in [1.165, 1.54) is 0 Å². The van der Waals surface area contributed by atoms with E-state index in [2.05, 4.69) is 10.3 Å². The summed E-state index contributed by atoms with van der Waals surface area (Å²) in [4.78, 5) is 32.5. The molecule has 0 fully saturated rings. The smallest absolute Gasteiger partial charge is 0.253 e. The molecule has 6 rings (SSSR count). The fraction of sp³-hybridized carbons (Fsp3) is 0.174. The van der Waals surface area contributed by atoms with Crippen molar-refractivity contribution < 1.29 is 23.5 Å². The number of para-hydroxylation sites is 2. The molecular formula is C23H18N4O5. The molecule has 2 aliphatic heterocycles. The second-order valence-corrected chi connectivity index (χ2v) is 7.61. The summed E-state index contributed by atoms with van der Waals surface area (Å²) in [6.07, 6.45) is 1.53. The molecular weight excluding hydrogens is 412 g/mol. The van der Waals surface area contributed by atoms with Gasteiger partial charge in [0.15, 0.2) is 11.5 Å². The van der Waals surface area contributed by atoms with Crippen LogP contribution in [0.25, 0.3) is 11.0 Å². The highest BCUT2D eigenvalue weighted by Crippen LogP contribution is 2.38. The van der Waals surface area contributed by atoms with Crippen LogP contribution in [0.4, 0.5) is 11.6 Å². The summed E-state index contributed by atoms with van der Waals surface area (Å²) in [7, 11) is 0. The van der Waals surface area contributed by atoms with Gasteiger partial charge in [0.05, 0.1) is 30.3 Å². The van der Waals surface area contributed by atoms with Gasteiger partial charge in [-0.3, -0.25) is 19.1 Å². The minimum Gasteiger partial charge on any atom is -0.467 e. The number of aromatic nitrogens is 2. The largest absolute Gasteiger partial charge is 0.467 e. The van der Waals surface area contributed by atoms with E-state index in [0.29, 0.717) is 28.9 Å². The maximum absolute atomic E-state index is 13.3. The van der Waals surface area contributed by atoms with Crippen LogP contribution in [0.5, 0.6) is 11.5 Å². The minimum atomic E-state index is -0.707. The number of anilines is 2. The average molecular weight is 430 g/mol. The topological polar surface area (TPSA) is 98.8 Å². The zero-order valence-electron chi connectivity index (χ0n) is 16.9. The maximum Gasteiger partial charge on any atom is 0.253 e. The molecule has 160 valence electrons. The lowest BCUT2D eigenvalue weighted by atomic mass is 10.1. The molecule has 9 heteroatoms. The van der Waals surface area contributed by atoms with Crippen molar-refractivity contribution in [2.75, 3.05) is 17.0 Å². The van der Waals surface area contributed by atoms with E-state index < -0.39 is 6.04 Å². The number of carbonyl (C=O) groups excluding carboxylic acids is 2. The van der Waals surface area contributed by atoms with Crippen molar-refractivity contribution >= 4 is 34.5 Å². The van der Waals surface area contributed by atoms with Crippen molar-refractivity contribution in [1.82, 2.24) is 9.55 Å². The van der Waals surface area contributed by atoms with E-state index in [-0.39, 0.29) is 31.6 Å². The summed E-state index contributed by atoms with van der Waals surface area (Å²) < 4.78 is 17.9. The number of nitrogens with one attached hydrogen (secondary N) is 1. The van der Waals surface area contributed by atoms with Gasteiger partial charge >= 0.3 is 0 Å². The molecule has 0 bridgehead atoms. The molecule has 0 unspecified atom stereocenters. The van der Waals surface area contributed by atoms with Gasteiger partial charge in [-0.25, -0.2) is 4.98 Å². The highest BCUT2D eigenvalue weighted by molar-refractivity contribution is 6.05. The van der Waals surface area contributed by atoms with Gasteiger partial charge in [-0.2, -0.15) is 0 Å². The third-order valence-electron chi connectivity index (χ3n) is 5.61. The molecule has 0 saturated carbocycles. The van der Waals surface area contributed by atoms with Gasteiger partial charge in [-0.05, 0) is 36.4 Å². The number of hydrogen-bond acceptors (Lipinski definition) is 6. The quantitative estimate of drug-likeness (QED) is 0.521. The first-order chi connectivity index (χ1) is 15.7. The summed E-state index contributed by atoms with van der Waals surface area (Å²) in [5.74, 6) is 1.88. The number of fused-ring (bicyclic) bond motifs is 4. The SMILES string of the molecule is O=C(C[C@H]1C(=O)N(Cc2ccco2)c2nc3ccccc3n21)Nc1ccc2c(c1)OCO2. The average Bonchev–Trinajstić information content (AvgIpc) is 3.57. The number of nitrogens with zero attached hydrogens (tertiary/aromatic N) is 3. The first-order valence-corrected chi connectivity index (χ1v) is 10.2. The number of ether oxygens (including phenoxy) is 2. The fourth-order valence-electron chi connectivity index (χ4n) is 4.17. The Bertz CT molecular complexity index is 1340. The predicted molar refractivity (Wildman–Crippen MR) is 114 cm³/mol. The molecule has 4 heterocycles. The molecule has 2 amide bonds. The number of benzene rings is 2. The third-order valence-corrected chi connectivity index (χ3v) is 5.61. The Kier molecular flexibility index (Phi) is 4.14. The predicted octanol–water partition coefficient (Wildman–Crippen LogP) is 3.47. The molecule has 1 atom stereocenters. The first kappa shape index (κ1) is 18.5. The van der Waals surface area contributed by atoms with Crippen molar-refractivity contribution in [2.24, 2.45) is 0 Å². The monoisotopic (exact) mass is 430 g/mol. The zero-order chi connectivity index (χ0) is 21.7. The maximum atomic E-state index is 13.3. The van der Waals surface area contributed by atoms with Crippen LogP contribution in [0.3, 0.4) is 0 Å². The van der Waals surface area contributed by atoms with Crippen LogP contribution in [-0.2, 0) is 16.1 Å². The van der Waals surface area contributed by atoms with E-state index in [0.717, 1.165) is 11.0 Å². The van der Waals surface area contributed by atoms with Crippen molar-refractivity contribution in [3.63, 3.8) is 0 Å². The first-order valence-electron chi connectivity index (χ1n) is 10.2. The molecule has 0 spiro atoms. The van der Waals surface area contributed by atoms with E-state index in [9.17, 15) is 9.59 Å². The standard InChI is InChI=1S/C23H18N4O5/c28-21(24-14-7-8-19-20(10-14)32-13-31-19)11-18-22(29)26(12-15-4-3-9-30-15)23-25-16-5-1-2-6-17(16)27(18)23/h1-10,18H,11-13H2,(H,24,28)/t18-/m0/s1. The van der Waals surface area contributed by atoms with Crippen LogP contribution in [0, 0.1) is 0 Å². The lowest BCUT2D eigenvalue weighted by molar-refractivity contribution is -0.124. The Hall–Kier alpha value is -4.27. The number of carbonyl (C=O) groups is 2. The van der Waals surface area contributed by atoms with Crippen molar-refractivity contribution in [1.29, 1.82) is 0 Å². The van der Waals surface area contributed by atoms with Gasteiger partial charge in [-0.15, -0.1) is 0 Å². The fourth-order valence-corrected chi connectivity index (χ4v) is 4.17. The summed E-state index contributed by atoms with van der Waals surface area (Å²) in [5.41, 5.74) is 2.15. The van der Waals surface area contributed by atoms with E-state index in [1.54, 1.807) is 41.5 Å². The number of hydrogen-bond donors (Lipinski definition) is 1. The number of imidazole rings is 1. The van der Waals surface area contributed by atoms with Crippen LogP contribution < -0.4 is 19.7 Å². The number of amides is 2. The summed E-state index contributed by atoms with van der Waals surface area (Å²) in [6, 6.07) is 15.6. The summed E-state index contributed by atoms with van der Waals surface area (Å²) >= 11 is 0. The van der Waals surface area contributed by atoms with Crippen LogP contribution in [0.15, 0.2) is 65.3 Å². The zero-order valence-corrected chi connectivity index (χ0v) is 16.9. The van der Waals surface area contributed by atoms with Gasteiger partial charge in [0.2, 0.25) is 18.6 Å². The van der Waals surface area contributed by atoms with Crippen molar-refractivity contribution in [2.45, 2.75) is 19.0 Å². The molecule has 4 aromatic rings. The molecule has 1 N–H and O–H groups in total. The molecule has 0 radical (unpaired) electrons. The lowest BCUT2D eigenvalue weighted by Crippen LogP contribution is -2.31. The van der Waals surface area contributed by atoms with Crippen molar-refractivity contribution in [3.05, 3.63) is 66.6 Å². The van der Waals surface area contributed by atoms with Crippen molar-refractivity contribution in [3.8, 4) is 11.5 Å². The minimum absolute atomic E-state index is 0.0325. The Morgan fingerprint density at radius 1 is 1.09 bits per heavy atom. The van der Waals surface area contributed by atoms with Gasteiger partial charge in [0, 0.05) is 11.8 Å². The Labute approximate surface area is 182 Å². The van der Waals surface area contributed by atoms with Gasteiger partial charge in [-0.1, -0.05) is 12.1 Å². The second kappa shape index (κ2) is 7.16. The van der Waals surface area contributed by atoms with E-state index in [1.807, 2.05) is 28.8 Å². The van der Waals surface area contributed by atoms with E-state index >= 15 is 0 Å². The van der Waals surface area contributed by atoms with Gasteiger partial charge in [0.1, 0.15) is 11.8 Å². The van der Waals surface area contributed by atoms with Crippen LogP contribution in [0.2, 0.25) is 0 Å². The van der Waals surface area contributed by atoms with Crippen LogP contribution in [0.1, 0.15) is 18.2 Å². The van der Waals surface area contributed by atoms with Crippen LogP contribution in [-0.4, -0.2) is 28.2 Å². The number of furan rings is 1. The second-order valence-electron chi connectivity index (χ2n) is 7.61. The highest BCUT2D eigenvalue weighted by Gasteiger charge is 2.41. The lowest BCUT2D eigenvalue weighted by Gasteiger charge is -2.15. The summed E-state index contributed by atoms with van der Waals surface area (Å²) in [6.45, 7) is 0.404. The third kappa shape index (κ3) is 2.97. The molecule has 0 saturated heterocycles. The van der Waals surface area contributed by atoms with Crippen LogP contribution >= 0.6 is 0 Å². The van der Waals surface area contributed by atoms with Gasteiger partial charge in [0.25, 0.3) is 5.91 Å². The number of rotatable bonds is 5. The Morgan fingerprint density at radius 3 is 2.84 bits per heavy atom. The Balaban J connectivity index is 1.30. The molecule has 2 aromatic heterocycles.